The number of halogens is 3. The van der Waals surface area contributed by atoms with Gasteiger partial charge in [-0.3, -0.25) is 9.78 Å². The molecule has 0 radical (unpaired) electrons. The van der Waals surface area contributed by atoms with E-state index in [0.717, 1.165) is 12.3 Å². The predicted octanol–water partition coefficient (Wildman–Crippen LogP) is 3.59. The third-order valence-corrected chi connectivity index (χ3v) is 4.45. The fourth-order valence-corrected chi connectivity index (χ4v) is 3.04. The van der Waals surface area contributed by atoms with Crippen molar-refractivity contribution in [2.24, 2.45) is 0 Å². The molecule has 7 nitrogen and oxygen atoms in total. The number of hydrogen-bond acceptors (Lipinski definition) is 5. The van der Waals surface area contributed by atoms with E-state index in [2.05, 4.69) is 20.7 Å². The van der Waals surface area contributed by atoms with Crippen LogP contribution in [0, 0.1) is 6.85 Å². The van der Waals surface area contributed by atoms with Crippen LogP contribution < -0.4 is 10.6 Å². The number of carbonyl (C=O) groups excluding carboxylic acids is 2. The van der Waals surface area contributed by atoms with E-state index < -0.39 is 30.3 Å². The molecule has 0 bridgehead atoms. The van der Waals surface area contributed by atoms with Crippen LogP contribution in [0.5, 0.6) is 0 Å². The number of pyridine rings is 1. The van der Waals surface area contributed by atoms with Crippen LogP contribution in [0.1, 0.15) is 37.0 Å². The van der Waals surface area contributed by atoms with Gasteiger partial charge < -0.3 is 10.6 Å². The molecular formula is C21H14F3N5O2. The normalized spacial score (nSPS) is 14.5. The van der Waals surface area contributed by atoms with Crippen molar-refractivity contribution in [3.8, 4) is 5.69 Å². The molecule has 3 aromatic rings. The van der Waals surface area contributed by atoms with Gasteiger partial charge in [0, 0.05) is 39.5 Å². The molecule has 1 aliphatic heterocycles. The number of hydrogen-bond donors (Lipinski definition) is 2. The zero-order valence-corrected chi connectivity index (χ0v) is 15.5. The minimum atomic E-state index is -4.72. The van der Waals surface area contributed by atoms with Crippen LogP contribution in [-0.2, 0) is 11.0 Å². The Morgan fingerprint density at radius 3 is 2.90 bits per heavy atom. The maximum absolute atomic E-state index is 12.9. The number of fused-ring (bicyclic) bond motifs is 1. The molecule has 31 heavy (non-hydrogen) atoms. The van der Waals surface area contributed by atoms with Gasteiger partial charge in [0.2, 0.25) is 0 Å². The van der Waals surface area contributed by atoms with Crippen LogP contribution >= 0.6 is 0 Å². The van der Waals surface area contributed by atoms with Crippen molar-refractivity contribution in [2.75, 3.05) is 5.32 Å². The topological polar surface area (TPSA) is 88.9 Å². The zero-order chi connectivity index (χ0) is 24.7. The number of nitrogens with zero attached hydrogens (tertiary/aromatic N) is 3. The number of nitrogens with one attached hydrogen (secondary N) is 2. The Balaban J connectivity index is 1.77. The van der Waals surface area contributed by atoms with E-state index in [1.165, 1.54) is 17.1 Å². The smallest absolute Gasteiger partial charge is 0.352 e. The number of alkyl halides is 3. The number of rotatable bonds is 3. The number of carbonyl (C=O) groups is 1. The first-order chi connectivity index (χ1) is 16.0. The van der Waals surface area contributed by atoms with Crippen molar-refractivity contribution in [1.82, 2.24) is 20.1 Å². The summed E-state index contributed by atoms with van der Waals surface area (Å²) in [6.07, 6.45) is 0.451. The third-order valence-electron chi connectivity index (χ3n) is 4.45. The Kier molecular flexibility index (Phi) is 4.06. The summed E-state index contributed by atoms with van der Waals surface area (Å²) in [5.41, 5.74) is -0.785. The highest BCUT2D eigenvalue weighted by Crippen LogP contribution is 2.29. The molecule has 4 rings (SSSR count). The van der Waals surface area contributed by atoms with Gasteiger partial charge in [0.15, 0.2) is 5.94 Å². The van der Waals surface area contributed by atoms with E-state index in [4.69, 9.17) is 4.11 Å². The number of benzene rings is 1. The number of amides is 1. The molecule has 156 valence electrons. The van der Waals surface area contributed by atoms with E-state index in [0.29, 0.717) is 22.9 Å². The number of aryl methyl sites for hydroxylation is 1. The van der Waals surface area contributed by atoms with Crippen molar-refractivity contribution in [3.05, 3.63) is 77.0 Å². The molecule has 0 spiro atoms. The van der Waals surface area contributed by atoms with Crippen LogP contribution in [0.3, 0.4) is 0 Å². The maximum Gasteiger partial charge on any atom is 0.433 e. The summed E-state index contributed by atoms with van der Waals surface area (Å²) in [6.45, 7) is -2.80. The van der Waals surface area contributed by atoms with Crippen molar-refractivity contribution in [3.63, 3.8) is 0 Å². The van der Waals surface area contributed by atoms with Gasteiger partial charge in [-0.05, 0) is 31.1 Å². The molecule has 1 amide bonds. The SMILES string of the molecule is [2H]C([2H])([2H])c1nn(-c2cccc3c2C=CNC3=C=O)cc1C(=O)Nc1ccnc(C(F)(F)F)c1. The highest BCUT2D eigenvalue weighted by Gasteiger charge is 2.32. The summed E-state index contributed by atoms with van der Waals surface area (Å²) in [7, 11) is 0. The average Bonchev–Trinajstić information content (AvgIpc) is 3.24. The molecule has 0 aliphatic carbocycles. The van der Waals surface area contributed by atoms with Crippen LogP contribution in [0.4, 0.5) is 18.9 Å². The quantitative estimate of drug-likeness (QED) is 0.623. The fraction of sp³-hybridized carbons (Fsp3) is 0.0952. The van der Waals surface area contributed by atoms with Gasteiger partial charge in [-0.2, -0.15) is 18.3 Å². The number of anilines is 1. The van der Waals surface area contributed by atoms with Crippen molar-refractivity contribution >= 4 is 29.3 Å². The largest absolute Gasteiger partial charge is 0.433 e. The minimum Gasteiger partial charge on any atom is -0.352 e. The lowest BCUT2D eigenvalue weighted by atomic mass is 10.0. The molecule has 0 saturated heterocycles. The monoisotopic (exact) mass is 428 g/mol. The molecule has 0 saturated carbocycles. The Bertz CT molecular complexity index is 1370. The highest BCUT2D eigenvalue weighted by molar-refractivity contribution is 6.05. The number of aromatic nitrogens is 3. The summed E-state index contributed by atoms with van der Waals surface area (Å²) in [5, 5.41) is 9.08. The lowest BCUT2D eigenvalue weighted by Gasteiger charge is -2.16. The van der Waals surface area contributed by atoms with E-state index in [1.807, 2.05) is 0 Å². The Morgan fingerprint density at radius 2 is 2.16 bits per heavy atom. The van der Waals surface area contributed by atoms with Gasteiger partial charge in [-0.15, -0.1) is 0 Å². The van der Waals surface area contributed by atoms with E-state index in [-0.39, 0.29) is 16.9 Å². The van der Waals surface area contributed by atoms with Gasteiger partial charge >= 0.3 is 6.18 Å². The molecule has 1 aliphatic rings. The predicted molar refractivity (Wildman–Crippen MR) is 107 cm³/mol. The average molecular weight is 428 g/mol. The Hall–Kier alpha value is -4.17. The summed E-state index contributed by atoms with van der Waals surface area (Å²) in [4.78, 5) is 27.3. The van der Waals surface area contributed by atoms with Crippen LogP contribution in [0.25, 0.3) is 17.5 Å². The van der Waals surface area contributed by atoms with Gasteiger partial charge in [0.05, 0.1) is 16.9 Å². The molecule has 3 heterocycles. The third kappa shape index (κ3) is 3.84. The summed E-state index contributed by atoms with van der Waals surface area (Å²) < 4.78 is 63.3. The molecule has 1 aromatic carbocycles. The van der Waals surface area contributed by atoms with Crippen molar-refractivity contribution in [1.29, 1.82) is 0 Å². The van der Waals surface area contributed by atoms with Crippen LogP contribution in [-0.4, -0.2) is 26.6 Å². The second-order valence-corrected chi connectivity index (χ2v) is 6.41. The maximum atomic E-state index is 12.9. The summed E-state index contributed by atoms with van der Waals surface area (Å²) >= 11 is 0. The summed E-state index contributed by atoms with van der Waals surface area (Å²) in [6, 6.07) is 6.64. The Labute approximate surface area is 178 Å². The van der Waals surface area contributed by atoms with Gasteiger partial charge in [-0.25, -0.2) is 9.48 Å². The van der Waals surface area contributed by atoms with Gasteiger partial charge in [0.25, 0.3) is 5.91 Å². The molecule has 10 heteroatoms. The molecule has 0 atom stereocenters. The first kappa shape index (κ1) is 16.6. The van der Waals surface area contributed by atoms with E-state index >= 15 is 0 Å². The lowest BCUT2D eigenvalue weighted by Crippen LogP contribution is -2.14. The molecular weight excluding hydrogens is 411 g/mol. The lowest BCUT2D eigenvalue weighted by molar-refractivity contribution is -0.141. The van der Waals surface area contributed by atoms with E-state index in [9.17, 15) is 22.8 Å². The highest BCUT2D eigenvalue weighted by atomic mass is 19.4. The van der Waals surface area contributed by atoms with Crippen LogP contribution in [0.15, 0.2) is 48.9 Å². The minimum absolute atomic E-state index is 0.165. The molecule has 0 unspecified atom stereocenters. The standard InChI is InChI=1S/C21H14F3N5O2/c1-12-16(20(31)27-13-5-7-26-19(9-13)21(22,23)24)10-29(28-12)18-4-2-3-14-15(18)6-8-25-17(14)11-30/h2-10,25H,1H3,(H,26,27,31)/i1D3. The first-order valence-corrected chi connectivity index (χ1v) is 8.76. The van der Waals surface area contributed by atoms with Gasteiger partial charge in [0.1, 0.15) is 11.4 Å². The van der Waals surface area contributed by atoms with E-state index in [1.54, 1.807) is 30.2 Å². The van der Waals surface area contributed by atoms with Crippen LogP contribution in [0.2, 0.25) is 0 Å². The first-order valence-electron chi connectivity index (χ1n) is 10.3. The second kappa shape index (κ2) is 7.58. The molecule has 0 fully saturated rings. The van der Waals surface area contributed by atoms with Gasteiger partial charge in [-0.1, -0.05) is 12.1 Å². The van der Waals surface area contributed by atoms with Crippen molar-refractivity contribution < 1.29 is 26.9 Å². The molecule has 2 aromatic heterocycles. The van der Waals surface area contributed by atoms with Crippen molar-refractivity contribution in [2.45, 2.75) is 13.0 Å². The molecule has 2 N–H and O–H groups in total. The fourth-order valence-electron chi connectivity index (χ4n) is 3.04. The second-order valence-electron chi connectivity index (χ2n) is 6.41. The summed E-state index contributed by atoms with van der Waals surface area (Å²) in [5.74, 6) is 0.810. The Morgan fingerprint density at radius 1 is 1.32 bits per heavy atom. The zero-order valence-electron chi connectivity index (χ0n) is 18.5.